The molecule has 2 aromatic carbocycles. The van der Waals surface area contributed by atoms with Crippen LogP contribution in [-0.2, 0) is 12.6 Å². The zero-order chi connectivity index (χ0) is 15.5. The smallest absolute Gasteiger partial charge is 0.298 e. The molecule has 0 radical (unpaired) electrons. The van der Waals surface area contributed by atoms with E-state index in [0.717, 1.165) is 12.1 Å². The van der Waals surface area contributed by atoms with Crippen LogP contribution in [0, 0.1) is 11.3 Å². The number of benzene rings is 2. The van der Waals surface area contributed by atoms with Gasteiger partial charge in [0.1, 0.15) is 6.29 Å². The number of halogens is 3. The molecule has 2 rings (SSSR count). The number of rotatable bonds is 3. The fourth-order valence-corrected chi connectivity index (χ4v) is 1.97. The van der Waals surface area contributed by atoms with Crippen molar-refractivity contribution in [3.63, 3.8) is 0 Å². The van der Waals surface area contributed by atoms with Crippen LogP contribution in [0.1, 0.15) is 32.6 Å². The Hall–Kier alpha value is -2.61. The van der Waals surface area contributed by atoms with Gasteiger partial charge in [-0.25, -0.2) is 0 Å². The van der Waals surface area contributed by atoms with Crippen LogP contribution in [0.2, 0.25) is 0 Å². The van der Waals surface area contributed by atoms with Crippen molar-refractivity contribution in [1.29, 1.82) is 5.26 Å². The first-order valence-corrected chi connectivity index (χ1v) is 6.08. The Balaban J connectivity index is 2.30. The van der Waals surface area contributed by atoms with Gasteiger partial charge >= 0.3 is 6.18 Å². The Labute approximate surface area is 119 Å². The average molecular weight is 289 g/mol. The molecule has 0 aromatic heterocycles. The first-order valence-electron chi connectivity index (χ1n) is 6.08. The van der Waals surface area contributed by atoms with Crippen LogP contribution in [0.4, 0.5) is 13.2 Å². The van der Waals surface area contributed by atoms with E-state index in [-0.39, 0.29) is 0 Å². The lowest BCUT2D eigenvalue weighted by Crippen LogP contribution is -2.04. The van der Waals surface area contributed by atoms with Crippen LogP contribution >= 0.6 is 0 Å². The third-order valence-corrected chi connectivity index (χ3v) is 3.07. The minimum atomic E-state index is -4.37. The Morgan fingerprint density at radius 3 is 2.29 bits per heavy atom. The van der Waals surface area contributed by atoms with Gasteiger partial charge in [-0.3, -0.25) is 4.79 Å². The predicted octanol–water partition coefficient (Wildman–Crippen LogP) is 3.98. The van der Waals surface area contributed by atoms with Gasteiger partial charge in [-0.1, -0.05) is 18.2 Å². The number of carbonyl (C=O) groups is 1. The summed E-state index contributed by atoms with van der Waals surface area (Å²) >= 11 is 0. The minimum Gasteiger partial charge on any atom is -0.298 e. The molecule has 0 spiro atoms. The van der Waals surface area contributed by atoms with E-state index in [1.807, 2.05) is 6.07 Å². The molecule has 0 aliphatic heterocycles. The molecular weight excluding hydrogens is 279 g/mol. The van der Waals surface area contributed by atoms with Gasteiger partial charge in [-0.2, -0.15) is 18.4 Å². The van der Waals surface area contributed by atoms with Crippen molar-refractivity contribution < 1.29 is 18.0 Å². The summed E-state index contributed by atoms with van der Waals surface area (Å²) in [7, 11) is 0. The summed E-state index contributed by atoms with van der Waals surface area (Å²) in [5, 5.41) is 8.85. The van der Waals surface area contributed by atoms with Gasteiger partial charge < -0.3 is 0 Å². The van der Waals surface area contributed by atoms with Gasteiger partial charge in [-0.05, 0) is 41.8 Å². The van der Waals surface area contributed by atoms with Crippen LogP contribution in [-0.4, -0.2) is 6.29 Å². The third kappa shape index (κ3) is 3.48. The lowest BCUT2D eigenvalue weighted by atomic mass is 9.97. The first-order chi connectivity index (χ1) is 9.94. The Bertz CT molecular complexity index is 697. The second-order valence-electron chi connectivity index (χ2n) is 4.51. The summed E-state index contributed by atoms with van der Waals surface area (Å²) in [5.41, 5.74) is 1.37. The normalized spacial score (nSPS) is 11.0. The van der Waals surface area contributed by atoms with Gasteiger partial charge in [0, 0.05) is 5.56 Å². The average Bonchev–Trinajstić information content (AvgIpc) is 2.46. The summed E-state index contributed by atoms with van der Waals surface area (Å²) in [4.78, 5) is 11.0. The highest BCUT2D eigenvalue weighted by atomic mass is 19.4. The molecule has 0 atom stereocenters. The van der Waals surface area contributed by atoms with Gasteiger partial charge in [-0.15, -0.1) is 0 Å². The van der Waals surface area contributed by atoms with Crippen molar-refractivity contribution in [2.75, 3.05) is 0 Å². The highest BCUT2D eigenvalue weighted by Gasteiger charge is 2.29. The van der Waals surface area contributed by atoms with Gasteiger partial charge in [0.15, 0.2) is 0 Å². The maximum atomic E-state index is 12.5. The van der Waals surface area contributed by atoms with E-state index in [1.165, 1.54) is 24.3 Å². The second-order valence-corrected chi connectivity index (χ2v) is 4.51. The molecule has 0 aliphatic carbocycles. The van der Waals surface area contributed by atoms with E-state index in [2.05, 4.69) is 0 Å². The lowest BCUT2D eigenvalue weighted by molar-refractivity contribution is -0.137. The van der Waals surface area contributed by atoms with E-state index in [1.54, 1.807) is 6.07 Å². The molecule has 0 bridgehead atoms. The van der Waals surface area contributed by atoms with Crippen LogP contribution in [0.5, 0.6) is 0 Å². The van der Waals surface area contributed by atoms with Crippen molar-refractivity contribution in [2.45, 2.75) is 12.6 Å². The molecule has 106 valence electrons. The number of nitrogens with zero attached hydrogens (tertiary/aromatic N) is 1. The maximum Gasteiger partial charge on any atom is 0.416 e. The van der Waals surface area contributed by atoms with E-state index >= 15 is 0 Å². The SMILES string of the molecule is N#Cc1ccc(C=O)c(Cc2ccc(C(F)(F)F)cc2)c1. The number of aldehydes is 1. The lowest BCUT2D eigenvalue weighted by Gasteiger charge is -2.09. The summed E-state index contributed by atoms with van der Waals surface area (Å²) in [6.45, 7) is 0. The molecular formula is C16H10F3NO. The fourth-order valence-electron chi connectivity index (χ4n) is 1.97. The van der Waals surface area contributed by atoms with Crippen molar-refractivity contribution >= 4 is 6.29 Å². The molecule has 21 heavy (non-hydrogen) atoms. The van der Waals surface area contributed by atoms with Gasteiger partial charge in [0.05, 0.1) is 17.2 Å². The zero-order valence-electron chi connectivity index (χ0n) is 10.8. The standard InChI is InChI=1S/C16H10F3NO/c17-16(18,19)15-5-2-11(3-6-15)7-14-8-12(9-20)1-4-13(14)10-21/h1-6,8,10H,7H2. The summed E-state index contributed by atoms with van der Waals surface area (Å²) in [6, 6.07) is 11.4. The molecule has 2 nitrogen and oxygen atoms in total. The van der Waals surface area contributed by atoms with Crippen LogP contribution < -0.4 is 0 Å². The molecule has 0 unspecified atom stereocenters. The largest absolute Gasteiger partial charge is 0.416 e. The first kappa shape index (κ1) is 14.8. The van der Waals surface area contributed by atoms with E-state index in [9.17, 15) is 18.0 Å². The summed E-state index contributed by atoms with van der Waals surface area (Å²) in [5.74, 6) is 0. The molecule has 0 N–H and O–H groups in total. The molecule has 0 aliphatic rings. The minimum absolute atomic E-state index is 0.293. The number of hydrogen-bond donors (Lipinski definition) is 0. The quantitative estimate of drug-likeness (QED) is 0.802. The topological polar surface area (TPSA) is 40.9 Å². The number of hydrogen-bond acceptors (Lipinski definition) is 2. The van der Waals surface area contributed by atoms with Crippen molar-refractivity contribution in [3.05, 3.63) is 70.3 Å². The second kappa shape index (κ2) is 5.80. The van der Waals surface area contributed by atoms with Crippen molar-refractivity contribution in [1.82, 2.24) is 0 Å². The molecule has 0 heterocycles. The highest BCUT2D eigenvalue weighted by Crippen LogP contribution is 2.29. The van der Waals surface area contributed by atoms with E-state index in [0.29, 0.717) is 35.0 Å². The fraction of sp³-hybridized carbons (Fsp3) is 0.125. The molecule has 0 saturated carbocycles. The van der Waals surface area contributed by atoms with Crippen LogP contribution in [0.15, 0.2) is 42.5 Å². The van der Waals surface area contributed by atoms with E-state index < -0.39 is 11.7 Å². The van der Waals surface area contributed by atoms with E-state index in [4.69, 9.17) is 5.26 Å². The number of nitriles is 1. The van der Waals surface area contributed by atoms with Crippen LogP contribution in [0.25, 0.3) is 0 Å². The Morgan fingerprint density at radius 2 is 1.76 bits per heavy atom. The number of carbonyl (C=O) groups excluding carboxylic acids is 1. The Morgan fingerprint density at radius 1 is 1.10 bits per heavy atom. The zero-order valence-corrected chi connectivity index (χ0v) is 10.8. The maximum absolute atomic E-state index is 12.5. The Kier molecular flexibility index (Phi) is 4.08. The monoisotopic (exact) mass is 289 g/mol. The summed E-state index contributed by atoms with van der Waals surface area (Å²) < 4.78 is 37.4. The van der Waals surface area contributed by atoms with Gasteiger partial charge in [0.2, 0.25) is 0 Å². The van der Waals surface area contributed by atoms with Crippen LogP contribution in [0.3, 0.4) is 0 Å². The third-order valence-electron chi connectivity index (χ3n) is 3.07. The molecule has 5 heteroatoms. The molecule has 0 amide bonds. The molecule has 2 aromatic rings. The number of alkyl halides is 3. The molecule has 0 saturated heterocycles. The van der Waals surface area contributed by atoms with Gasteiger partial charge in [0.25, 0.3) is 0 Å². The molecule has 0 fully saturated rings. The van der Waals surface area contributed by atoms with Crippen molar-refractivity contribution in [3.8, 4) is 6.07 Å². The highest BCUT2D eigenvalue weighted by molar-refractivity contribution is 5.78. The summed E-state index contributed by atoms with van der Waals surface area (Å²) in [6.07, 6.45) is -3.41. The van der Waals surface area contributed by atoms with Crippen molar-refractivity contribution in [2.24, 2.45) is 0 Å². The predicted molar refractivity (Wildman–Crippen MR) is 70.8 cm³/mol.